The molecule has 0 N–H and O–H groups in total. The van der Waals surface area contributed by atoms with Gasteiger partial charge in [-0.3, -0.25) is 0 Å². The maximum atomic E-state index is 14.0. The number of rotatable bonds is 2. The van der Waals surface area contributed by atoms with E-state index < -0.39 is 28.9 Å². The highest BCUT2D eigenvalue weighted by atomic mass is 19.4. The topological polar surface area (TPSA) is 38.2 Å². The van der Waals surface area contributed by atoms with E-state index in [9.17, 15) is 22.0 Å². The number of anilines is 1. The highest BCUT2D eigenvalue weighted by Crippen LogP contribution is 2.37. The van der Waals surface area contributed by atoms with Gasteiger partial charge in [-0.1, -0.05) is 0 Å². The minimum atomic E-state index is -4.78. The molecule has 0 saturated carbocycles. The number of benzene rings is 1. The molecule has 1 aliphatic heterocycles. The van der Waals surface area contributed by atoms with Crippen LogP contribution < -0.4 is 4.90 Å². The molecular weight excluding hydrogens is 333 g/mol. The van der Waals surface area contributed by atoms with Crippen LogP contribution in [0.1, 0.15) is 5.56 Å². The lowest BCUT2D eigenvalue weighted by Gasteiger charge is -2.28. The van der Waals surface area contributed by atoms with E-state index >= 15 is 0 Å². The minimum absolute atomic E-state index is 0.0965. The fourth-order valence-corrected chi connectivity index (χ4v) is 2.43. The Labute approximate surface area is 133 Å². The first kappa shape index (κ1) is 16.6. The maximum absolute atomic E-state index is 14.0. The third-order valence-corrected chi connectivity index (χ3v) is 3.56. The maximum Gasteiger partial charge on any atom is 0.417 e. The third kappa shape index (κ3) is 3.30. The van der Waals surface area contributed by atoms with Gasteiger partial charge >= 0.3 is 6.18 Å². The molecule has 3 rings (SSSR count). The molecule has 0 bridgehead atoms. The number of alkyl halides is 3. The molecule has 1 aromatic carbocycles. The second kappa shape index (κ2) is 6.31. The van der Waals surface area contributed by atoms with E-state index in [-0.39, 0.29) is 11.6 Å². The van der Waals surface area contributed by atoms with E-state index in [1.807, 2.05) is 0 Å². The van der Waals surface area contributed by atoms with Crippen molar-refractivity contribution < 1.29 is 26.7 Å². The molecular formula is C15H12F5N3O. The van der Waals surface area contributed by atoms with Gasteiger partial charge in [-0.2, -0.15) is 13.2 Å². The van der Waals surface area contributed by atoms with Crippen LogP contribution in [-0.4, -0.2) is 36.3 Å². The molecule has 1 aliphatic rings. The smallest absolute Gasteiger partial charge is 0.378 e. The first-order valence-electron chi connectivity index (χ1n) is 7.08. The Morgan fingerprint density at radius 2 is 1.79 bits per heavy atom. The van der Waals surface area contributed by atoms with E-state index in [1.54, 1.807) is 4.90 Å². The van der Waals surface area contributed by atoms with Crippen molar-refractivity contribution >= 4 is 5.82 Å². The van der Waals surface area contributed by atoms with Crippen molar-refractivity contribution in [2.24, 2.45) is 0 Å². The molecule has 1 fully saturated rings. The summed E-state index contributed by atoms with van der Waals surface area (Å²) in [5, 5.41) is 0. The summed E-state index contributed by atoms with van der Waals surface area (Å²) >= 11 is 0. The number of aromatic nitrogens is 2. The summed E-state index contributed by atoms with van der Waals surface area (Å²) in [5.74, 6) is -2.18. The van der Waals surface area contributed by atoms with Crippen molar-refractivity contribution in [2.45, 2.75) is 6.18 Å². The van der Waals surface area contributed by atoms with Gasteiger partial charge in [-0.05, 0) is 18.2 Å². The largest absolute Gasteiger partial charge is 0.417 e. The summed E-state index contributed by atoms with van der Waals surface area (Å²) < 4.78 is 71.7. The standard InChI is InChI=1S/C15H12F5N3O/c16-9-1-2-10(11(7-9)15(18,19)20)13-21-8-12(17)14(22-13)23-3-5-24-6-4-23/h1-2,7-8H,3-6H2. The first-order valence-corrected chi connectivity index (χ1v) is 7.08. The van der Waals surface area contributed by atoms with Crippen LogP contribution in [0.4, 0.5) is 27.8 Å². The van der Waals surface area contributed by atoms with Crippen LogP contribution in [0.25, 0.3) is 11.4 Å². The molecule has 2 aromatic rings. The zero-order valence-corrected chi connectivity index (χ0v) is 12.3. The second-order valence-corrected chi connectivity index (χ2v) is 5.15. The molecule has 0 spiro atoms. The molecule has 2 heterocycles. The van der Waals surface area contributed by atoms with E-state index in [0.29, 0.717) is 32.4 Å². The number of hydrogen-bond acceptors (Lipinski definition) is 4. The summed E-state index contributed by atoms with van der Waals surface area (Å²) in [4.78, 5) is 9.14. The highest BCUT2D eigenvalue weighted by Gasteiger charge is 2.35. The van der Waals surface area contributed by atoms with Gasteiger partial charge in [-0.25, -0.2) is 18.7 Å². The fourth-order valence-electron chi connectivity index (χ4n) is 2.43. The number of hydrogen-bond donors (Lipinski definition) is 0. The minimum Gasteiger partial charge on any atom is -0.378 e. The van der Waals surface area contributed by atoms with Gasteiger partial charge in [-0.15, -0.1) is 0 Å². The molecule has 0 unspecified atom stereocenters. The first-order chi connectivity index (χ1) is 11.4. The van der Waals surface area contributed by atoms with Crippen LogP contribution in [0.15, 0.2) is 24.4 Å². The normalized spacial score (nSPS) is 15.6. The van der Waals surface area contributed by atoms with E-state index in [2.05, 4.69) is 9.97 Å². The Hall–Kier alpha value is -2.29. The lowest BCUT2D eigenvalue weighted by molar-refractivity contribution is -0.137. The fraction of sp³-hybridized carbons (Fsp3) is 0.333. The average molecular weight is 345 g/mol. The number of morpholine rings is 1. The highest BCUT2D eigenvalue weighted by molar-refractivity contribution is 5.63. The molecule has 0 atom stereocenters. The van der Waals surface area contributed by atoms with Gasteiger partial charge in [0.1, 0.15) is 5.82 Å². The van der Waals surface area contributed by atoms with Crippen molar-refractivity contribution in [3.63, 3.8) is 0 Å². The summed E-state index contributed by atoms with van der Waals surface area (Å²) in [6.07, 6.45) is -3.97. The summed E-state index contributed by atoms with van der Waals surface area (Å²) in [6, 6.07) is 2.19. The van der Waals surface area contributed by atoms with E-state index in [1.165, 1.54) is 0 Å². The molecule has 1 aromatic heterocycles. The number of ether oxygens (including phenoxy) is 1. The monoisotopic (exact) mass is 345 g/mol. The lowest BCUT2D eigenvalue weighted by Crippen LogP contribution is -2.37. The molecule has 128 valence electrons. The number of halogens is 5. The van der Waals surface area contributed by atoms with Crippen molar-refractivity contribution in [1.82, 2.24) is 9.97 Å². The molecule has 24 heavy (non-hydrogen) atoms. The van der Waals surface area contributed by atoms with Gasteiger partial charge in [0, 0.05) is 18.7 Å². The summed E-state index contributed by atoms with van der Waals surface area (Å²) in [5.41, 5.74) is -1.61. The molecule has 0 amide bonds. The SMILES string of the molecule is Fc1ccc(-c2ncc(F)c(N3CCOCC3)n2)c(C(F)(F)F)c1. The van der Waals surface area contributed by atoms with Crippen LogP contribution in [0.2, 0.25) is 0 Å². The molecule has 0 aliphatic carbocycles. The van der Waals surface area contributed by atoms with Gasteiger partial charge in [0.25, 0.3) is 0 Å². The molecule has 4 nitrogen and oxygen atoms in total. The number of nitrogens with zero attached hydrogens (tertiary/aromatic N) is 3. The van der Waals surface area contributed by atoms with Crippen molar-refractivity contribution in [3.8, 4) is 11.4 Å². The van der Waals surface area contributed by atoms with Crippen LogP contribution in [-0.2, 0) is 10.9 Å². The Morgan fingerprint density at radius 3 is 2.46 bits per heavy atom. The quantitative estimate of drug-likeness (QED) is 0.783. The molecule has 1 saturated heterocycles. The predicted molar refractivity (Wildman–Crippen MR) is 75.4 cm³/mol. The van der Waals surface area contributed by atoms with Crippen LogP contribution in [0, 0.1) is 11.6 Å². The van der Waals surface area contributed by atoms with Crippen molar-refractivity contribution in [2.75, 3.05) is 31.2 Å². The van der Waals surface area contributed by atoms with Crippen molar-refractivity contribution in [3.05, 3.63) is 41.6 Å². The van der Waals surface area contributed by atoms with Gasteiger partial charge in [0.15, 0.2) is 17.5 Å². The zero-order valence-electron chi connectivity index (χ0n) is 12.3. The lowest BCUT2D eigenvalue weighted by atomic mass is 10.1. The second-order valence-electron chi connectivity index (χ2n) is 5.15. The molecule has 9 heteroatoms. The van der Waals surface area contributed by atoms with E-state index in [4.69, 9.17) is 4.74 Å². The Kier molecular flexibility index (Phi) is 4.35. The Balaban J connectivity index is 2.07. The summed E-state index contributed by atoms with van der Waals surface area (Å²) in [6.45, 7) is 1.46. The van der Waals surface area contributed by atoms with Crippen molar-refractivity contribution in [1.29, 1.82) is 0 Å². The molecule has 0 radical (unpaired) electrons. The van der Waals surface area contributed by atoms with Crippen LogP contribution in [0.3, 0.4) is 0 Å². The van der Waals surface area contributed by atoms with Crippen LogP contribution >= 0.6 is 0 Å². The Bertz CT molecular complexity index is 744. The summed E-state index contributed by atoms with van der Waals surface area (Å²) in [7, 11) is 0. The zero-order chi connectivity index (χ0) is 17.3. The van der Waals surface area contributed by atoms with E-state index in [0.717, 1.165) is 18.3 Å². The average Bonchev–Trinajstić information content (AvgIpc) is 2.55. The third-order valence-electron chi connectivity index (χ3n) is 3.56. The van der Waals surface area contributed by atoms with Gasteiger partial charge in [0.2, 0.25) is 0 Å². The van der Waals surface area contributed by atoms with Crippen LogP contribution in [0.5, 0.6) is 0 Å². The van der Waals surface area contributed by atoms with Gasteiger partial charge < -0.3 is 9.64 Å². The predicted octanol–water partition coefficient (Wildman–Crippen LogP) is 3.28. The van der Waals surface area contributed by atoms with Gasteiger partial charge in [0.05, 0.1) is 25.0 Å². The Morgan fingerprint density at radius 1 is 1.08 bits per heavy atom.